The number of nitro groups is 1. The Kier molecular flexibility index (Phi) is 4.66. The maximum atomic E-state index is 11.9. The van der Waals surface area contributed by atoms with Gasteiger partial charge in [-0.15, -0.1) is 0 Å². The predicted octanol–water partition coefficient (Wildman–Crippen LogP) is 2.95. The second kappa shape index (κ2) is 5.81. The van der Waals surface area contributed by atoms with Crippen LogP contribution in [0.15, 0.2) is 18.2 Å². The molecule has 0 atom stereocenters. The van der Waals surface area contributed by atoms with E-state index in [0.717, 1.165) is 0 Å². The zero-order valence-corrected chi connectivity index (χ0v) is 9.75. The molecule has 0 fully saturated rings. The van der Waals surface area contributed by atoms with Gasteiger partial charge < -0.3 is 5.32 Å². The maximum Gasteiger partial charge on any atom is 0.390 e. The largest absolute Gasteiger partial charge is 0.390 e. The third kappa shape index (κ3) is 4.70. The molecule has 0 amide bonds. The standard InChI is InChI=1S/C11H13F3N2O2/c1-8-2-3-9(6-10(8)16(17)18)7-15-5-4-11(12,13)14/h2-3,6,15H,4-5,7H2,1H3. The third-order valence-corrected chi connectivity index (χ3v) is 2.38. The lowest BCUT2D eigenvalue weighted by atomic mass is 10.1. The van der Waals surface area contributed by atoms with Gasteiger partial charge in [0.25, 0.3) is 5.69 Å². The fraction of sp³-hybridized carbons (Fsp3) is 0.455. The summed E-state index contributed by atoms with van der Waals surface area (Å²) in [5, 5.41) is 13.3. The van der Waals surface area contributed by atoms with Crippen molar-refractivity contribution in [2.24, 2.45) is 0 Å². The first-order valence-corrected chi connectivity index (χ1v) is 5.31. The summed E-state index contributed by atoms with van der Waals surface area (Å²) in [5.41, 5.74) is 1.10. The molecule has 1 N–H and O–H groups in total. The Morgan fingerprint density at radius 3 is 2.61 bits per heavy atom. The second-order valence-electron chi connectivity index (χ2n) is 3.92. The van der Waals surface area contributed by atoms with Crippen molar-refractivity contribution >= 4 is 5.69 Å². The Hall–Kier alpha value is -1.63. The van der Waals surface area contributed by atoms with Crippen molar-refractivity contribution in [3.05, 3.63) is 39.4 Å². The van der Waals surface area contributed by atoms with Crippen LogP contribution in [0, 0.1) is 17.0 Å². The summed E-state index contributed by atoms with van der Waals surface area (Å²) in [5.74, 6) is 0. The molecule has 7 heteroatoms. The Morgan fingerprint density at radius 1 is 1.39 bits per heavy atom. The molecule has 0 aliphatic heterocycles. The predicted molar refractivity (Wildman–Crippen MR) is 60.2 cm³/mol. The summed E-state index contributed by atoms with van der Waals surface area (Å²) in [6.07, 6.45) is -5.10. The van der Waals surface area contributed by atoms with E-state index < -0.39 is 17.5 Å². The van der Waals surface area contributed by atoms with Crippen molar-refractivity contribution in [2.75, 3.05) is 6.54 Å². The average Bonchev–Trinajstić information content (AvgIpc) is 2.24. The number of nitro benzene ring substituents is 1. The summed E-state index contributed by atoms with van der Waals surface area (Å²) in [6.45, 7) is 1.58. The molecule has 1 aromatic carbocycles. The van der Waals surface area contributed by atoms with Crippen molar-refractivity contribution in [3.8, 4) is 0 Å². The molecule has 0 unspecified atom stereocenters. The Bertz CT molecular complexity index is 433. The first-order chi connectivity index (χ1) is 8.29. The van der Waals surface area contributed by atoms with Crippen molar-refractivity contribution in [3.63, 3.8) is 0 Å². The van der Waals surface area contributed by atoms with E-state index in [1.54, 1.807) is 19.1 Å². The van der Waals surface area contributed by atoms with E-state index in [1.165, 1.54) is 6.07 Å². The topological polar surface area (TPSA) is 55.2 Å². The van der Waals surface area contributed by atoms with Crippen LogP contribution >= 0.6 is 0 Å². The highest BCUT2D eigenvalue weighted by atomic mass is 19.4. The van der Waals surface area contributed by atoms with Crippen LogP contribution in [-0.4, -0.2) is 17.6 Å². The number of nitrogens with one attached hydrogen (secondary N) is 1. The van der Waals surface area contributed by atoms with Crippen molar-refractivity contribution < 1.29 is 18.1 Å². The van der Waals surface area contributed by atoms with Crippen LogP contribution in [0.3, 0.4) is 0 Å². The van der Waals surface area contributed by atoms with Crippen molar-refractivity contribution in [1.82, 2.24) is 5.32 Å². The molecule has 0 aliphatic rings. The van der Waals surface area contributed by atoms with Crippen molar-refractivity contribution in [1.29, 1.82) is 0 Å². The number of hydrogen-bond acceptors (Lipinski definition) is 3. The summed E-state index contributed by atoms with van der Waals surface area (Å²) in [6, 6.07) is 4.61. The molecule has 0 spiro atoms. The number of hydrogen-bond donors (Lipinski definition) is 1. The van der Waals surface area contributed by atoms with Gasteiger partial charge in [-0.25, -0.2) is 0 Å². The Balaban J connectivity index is 2.53. The number of rotatable bonds is 5. The van der Waals surface area contributed by atoms with Gasteiger partial charge in [-0.05, 0) is 12.5 Å². The lowest BCUT2D eigenvalue weighted by molar-refractivity contribution is -0.385. The smallest absolute Gasteiger partial charge is 0.312 e. The lowest BCUT2D eigenvalue weighted by Gasteiger charge is -2.08. The zero-order valence-electron chi connectivity index (χ0n) is 9.75. The molecular formula is C11H13F3N2O2. The van der Waals surface area contributed by atoms with Crippen LogP contribution in [0.1, 0.15) is 17.5 Å². The Morgan fingerprint density at radius 2 is 2.06 bits per heavy atom. The zero-order chi connectivity index (χ0) is 13.8. The van der Waals surface area contributed by atoms with E-state index in [4.69, 9.17) is 0 Å². The molecule has 100 valence electrons. The quantitative estimate of drug-likeness (QED) is 0.504. The van der Waals surface area contributed by atoms with E-state index in [1.807, 2.05) is 0 Å². The molecule has 0 bridgehead atoms. The van der Waals surface area contributed by atoms with Gasteiger partial charge in [-0.3, -0.25) is 10.1 Å². The average molecular weight is 262 g/mol. The molecule has 1 aromatic rings. The van der Waals surface area contributed by atoms with Crippen molar-refractivity contribution in [2.45, 2.75) is 26.1 Å². The highest BCUT2D eigenvalue weighted by Crippen LogP contribution is 2.20. The van der Waals surface area contributed by atoms with Gasteiger partial charge in [-0.2, -0.15) is 13.2 Å². The number of alkyl halides is 3. The van der Waals surface area contributed by atoms with Gasteiger partial charge in [0.2, 0.25) is 0 Å². The van der Waals surface area contributed by atoms with Crippen LogP contribution in [0.5, 0.6) is 0 Å². The van der Waals surface area contributed by atoms with E-state index in [0.29, 0.717) is 11.1 Å². The Labute approximate surface area is 102 Å². The van der Waals surface area contributed by atoms with Crippen LogP contribution in [0.2, 0.25) is 0 Å². The van der Waals surface area contributed by atoms with Gasteiger partial charge in [0.15, 0.2) is 0 Å². The minimum atomic E-state index is -4.19. The fourth-order valence-corrected chi connectivity index (χ4v) is 1.42. The van der Waals surface area contributed by atoms with E-state index >= 15 is 0 Å². The number of benzene rings is 1. The van der Waals surface area contributed by atoms with Crippen LogP contribution < -0.4 is 5.32 Å². The van der Waals surface area contributed by atoms with Gasteiger partial charge in [0.05, 0.1) is 11.3 Å². The molecular weight excluding hydrogens is 249 g/mol. The van der Waals surface area contributed by atoms with E-state index in [2.05, 4.69) is 5.32 Å². The van der Waals surface area contributed by atoms with Gasteiger partial charge >= 0.3 is 6.18 Å². The number of halogens is 3. The summed E-state index contributed by atoms with van der Waals surface area (Å²) in [4.78, 5) is 10.2. The van der Waals surface area contributed by atoms with Crippen LogP contribution in [-0.2, 0) is 6.54 Å². The molecule has 4 nitrogen and oxygen atoms in total. The third-order valence-electron chi connectivity index (χ3n) is 2.38. The molecule has 0 radical (unpaired) electrons. The molecule has 0 heterocycles. The van der Waals surface area contributed by atoms with Gasteiger partial charge in [0, 0.05) is 24.7 Å². The fourth-order valence-electron chi connectivity index (χ4n) is 1.42. The number of nitrogens with zero attached hydrogens (tertiary/aromatic N) is 1. The second-order valence-corrected chi connectivity index (χ2v) is 3.92. The molecule has 0 aromatic heterocycles. The SMILES string of the molecule is Cc1ccc(CNCCC(F)(F)F)cc1[N+](=O)[O-]. The molecule has 1 rings (SSSR count). The molecule has 0 saturated carbocycles. The first-order valence-electron chi connectivity index (χ1n) is 5.31. The maximum absolute atomic E-state index is 11.9. The monoisotopic (exact) mass is 262 g/mol. The lowest BCUT2D eigenvalue weighted by Crippen LogP contribution is -2.21. The van der Waals surface area contributed by atoms with Gasteiger partial charge in [-0.1, -0.05) is 12.1 Å². The summed E-state index contributed by atoms with van der Waals surface area (Å²) < 4.78 is 35.6. The number of aryl methyl sites for hydroxylation is 1. The van der Waals surface area contributed by atoms with Gasteiger partial charge in [0.1, 0.15) is 0 Å². The summed E-state index contributed by atoms with van der Waals surface area (Å²) in [7, 11) is 0. The normalized spacial score (nSPS) is 11.6. The van der Waals surface area contributed by atoms with Crippen LogP contribution in [0.4, 0.5) is 18.9 Å². The van der Waals surface area contributed by atoms with E-state index in [-0.39, 0.29) is 18.8 Å². The minimum absolute atomic E-state index is 0.0230. The summed E-state index contributed by atoms with van der Waals surface area (Å²) >= 11 is 0. The molecule has 0 aliphatic carbocycles. The van der Waals surface area contributed by atoms with Crippen LogP contribution in [0.25, 0.3) is 0 Å². The first kappa shape index (κ1) is 14.4. The minimum Gasteiger partial charge on any atom is -0.312 e. The molecule has 0 saturated heterocycles. The molecule has 18 heavy (non-hydrogen) atoms. The highest BCUT2D eigenvalue weighted by Gasteiger charge is 2.25. The van der Waals surface area contributed by atoms with E-state index in [9.17, 15) is 23.3 Å². The highest BCUT2D eigenvalue weighted by molar-refractivity contribution is 5.42.